The van der Waals surface area contributed by atoms with Crippen molar-refractivity contribution < 1.29 is 13.5 Å². The van der Waals surface area contributed by atoms with Crippen LogP contribution in [0.2, 0.25) is 0 Å². The van der Waals surface area contributed by atoms with E-state index in [0.29, 0.717) is 0 Å². The fraction of sp³-hybridized carbons (Fsp3) is 0. The molecule has 1 aromatic carbocycles. The van der Waals surface area contributed by atoms with Gasteiger partial charge >= 0.3 is 0 Å². The highest BCUT2D eigenvalue weighted by atomic mass is 32.2. The summed E-state index contributed by atoms with van der Waals surface area (Å²) in [6.45, 7) is 0. The fourth-order valence-electron chi connectivity index (χ4n) is 1.39. The third-order valence-electron chi connectivity index (χ3n) is 2.20. The number of aromatic nitrogens is 1. The van der Waals surface area contributed by atoms with Gasteiger partial charge in [0.25, 0.3) is 5.56 Å². The molecule has 0 aliphatic carbocycles. The Bertz CT molecular complexity index is 689. The van der Waals surface area contributed by atoms with Gasteiger partial charge in [-0.2, -0.15) is 0 Å². The molecule has 0 unspecified atom stereocenters. The number of pyridine rings is 1. The Kier molecular flexibility index (Phi) is 2.72. The van der Waals surface area contributed by atoms with E-state index in [4.69, 9.17) is 0 Å². The molecule has 2 N–H and O–H groups in total. The summed E-state index contributed by atoms with van der Waals surface area (Å²) < 4.78 is 24.2. The van der Waals surface area contributed by atoms with Gasteiger partial charge in [0.15, 0.2) is 0 Å². The zero-order valence-electron chi connectivity index (χ0n) is 8.62. The molecule has 6 heteroatoms. The predicted molar refractivity (Wildman–Crippen MR) is 60.6 cm³/mol. The summed E-state index contributed by atoms with van der Waals surface area (Å²) in [4.78, 5) is 12.7. The Morgan fingerprint density at radius 2 is 1.65 bits per heavy atom. The van der Waals surface area contributed by atoms with E-state index in [1.165, 1.54) is 12.1 Å². The minimum Gasteiger partial charge on any atom is -0.494 e. The predicted octanol–water partition coefficient (Wildman–Crippen LogP) is 0.913. The van der Waals surface area contributed by atoms with Crippen LogP contribution in [0.15, 0.2) is 57.1 Å². The van der Waals surface area contributed by atoms with Crippen molar-refractivity contribution in [3.8, 4) is 5.88 Å². The summed E-state index contributed by atoms with van der Waals surface area (Å²) in [5, 5.41) is 9.45. The van der Waals surface area contributed by atoms with Crippen LogP contribution in [0.3, 0.4) is 0 Å². The maximum Gasteiger partial charge on any atom is 0.250 e. The van der Waals surface area contributed by atoms with Crippen LogP contribution in [0.1, 0.15) is 0 Å². The molecule has 88 valence electrons. The highest BCUT2D eigenvalue weighted by Gasteiger charge is 2.21. The second kappa shape index (κ2) is 4.06. The van der Waals surface area contributed by atoms with Crippen molar-refractivity contribution in [3.05, 3.63) is 52.8 Å². The summed E-state index contributed by atoms with van der Waals surface area (Å²) in [5.41, 5.74) is -0.561. The van der Waals surface area contributed by atoms with Gasteiger partial charge in [-0.15, -0.1) is 0 Å². The molecule has 0 fully saturated rings. The van der Waals surface area contributed by atoms with E-state index in [1.807, 2.05) is 4.98 Å². The Labute approximate surface area is 97.3 Å². The number of aromatic hydroxyl groups is 1. The van der Waals surface area contributed by atoms with Crippen molar-refractivity contribution in [1.82, 2.24) is 4.98 Å². The van der Waals surface area contributed by atoms with E-state index in [-0.39, 0.29) is 9.79 Å². The standard InChI is InChI=1S/C11H9NO4S/c13-10-7-6-9(11(14)12-10)17(15,16)8-4-2-1-3-5-8/h1-7H,(H2,12,13,14). The van der Waals surface area contributed by atoms with Gasteiger partial charge in [-0.3, -0.25) is 9.78 Å². The number of nitrogens with one attached hydrogen (secondary N) is 1. The molecule has 0 atom stereocenters. The topological polar surface area (TPSA) is 87.2 Å². The normalized spacial score (nSPS) is 11.3. The van der Waals surface area contributed by atoms with Gasteiger partial charge in [0, 0.05) is 6.07 Å². The van der Waals surface area contributed by atoms with E-state index < -0.39 is 21.3 Å². The van der Waals surface area contributed by atoms with Crippen molar-refractivity contribution in [1.29, 1.82) is 0 Å². The molecule has 0 amide bonds. The zero-order chi connectivity index (χ0) is 12.5. The number of aromatic amines is 1. The highest BCUT2D eigenvalue weighted by Crippen LogP contribution is 2.25. The number of hydrogen-bond donors (Lipinski definition) is 2. The van der Waals surface area contributed by atoms with Crippen LogP contribution in [-0.2, 0) is 9.84 Å². The summed E-state index contributed by atoms with van der Waals surface area (Å²) in [5.74, 6) is -0.652. The van der Waals surface area contributed by atoms with Crippen LogP contribution in [0.5, 0.6) is 5.88 Å². The van der Waals surface area contributed by atoms with Crippen molar-refractivity contribution in [3.63, 3.8) is 0 Å². The molecule has 0 spiro atoms. The zero-order valence-corrected chi connectivity index (χ0v) is 9.44. The minimum atomic E-state index is -3.81. The number of H-pyrrole nitrogens is 1. The second-order valence-corrected chi connectivity index (χ2v) is 5.27. The molecule has 5 nitrogen and oxygen atoms in total. The van der Waals surface area contributed by atoms with Gasteiger partial charge in [-0.1, -0.05) is 18.2 Å². The molecule has 1 heterocycles. The fourth-order valence-corrected chi connectivity index (χ4v) is 2.72. The van der Waals surface area contributed by atoms with Gasteiger partial charge in [0.2, 0.25) is 15.7 Å². The van der Waals surface area contributed by atoms with Gasteiger partial charge in [0.1, 0.15) is 4.90 Å². The molecule has 0 radical (unpaired) electrons. The Morgan fingerprint density at radius 3 is 2.24 bits per heavy atom. The first-order chi connectivity index (χ1) is 8.01. The van der Waals surface area contributed by atoms with Crippen LogP contribution >= 0.6 is 0 Å². The molecular formula is C11H9NO4S. The van der Waals surface area contributed by atoms with Crippen LogP contribution in [0.4, 0.5) is 0 Å². The number of benzene rings is 1. The Hall–Kier alpha value is -2.08. The maximum absolute atomic E-state index is 12.1. The van der Waals surface area contributed by atoms with Crippen molar-refractivity contribution in [2.45, 2.75) is 9.79 Å². The van der Waals surface area contributed by atoms with E-state index in [9.17, 15) is 18.3 Å². The van der Waals surface area contributed by atoms with E-state index in [2.05, 4.69) is 0 Å². The van der Waals surface area contributed by atoms with Gasteiger partial charge in [-0.25, -0.2) is 8.42 Å². The number of rotatable bonds is 2. The van der Waals surface area contributed by atoms with Crippen molar-refractivity contribution in [2.75, 3.05) is 0 Å². The van der Waals surface area contributed by atoms with Crippen LogP contribution in [0.25, 0.3) is 0 Å². The van der Waals surface area contributed by atoms with Crippen LogP contribution in [0, 0.1) is 0 Å². The quantitative estimate of drug-likeness (QED) is 0.830. The third kappa shape index (κ3) is 2.07. The molecule has 0 saturated heterocycles. The molecule has 0 aliphatic rings. The highest BCUT2D eigenvalue weighted by molar-refractivity contribution is 7.91. The Balaban J connectivity index is 2.65. The lowest BCUT2D eigenvalue weighted by molar-refractivity contribution is 0.434. The van der Waals surface area contributed by atoms with Gasteiger partial charge in [0.05, 0.1) is 4.90 Å². The molecular weight excluding hydrogens is 242 g/mol. The summed E-state index contributed by atoms with van der Waals surface area (Å²) in [7, 11) is -3.81. The lowest BCUT2D eigenvalue weighted by Gasteiger charge is -2.05. The SMILES string of the molecule is O=c1ccc(S(=O)(=O)c2ccccc2)c(O)[nH]1. The first kappa shape index (κ1) is 11.4. The van der Waals surface area contributed by atoms with Crippen LogP contribution < -0.4 is 5.56 Å². The maximum atomic E-state index is 12.1. The Morgan fingerprint density at radius 1 is 1.00 bits per heavy atom. The number of hydrogen-bond acceptors (Lipinski definition) is 4. The number of sulfone groups is 1. The molecule has 0 bridgehead atoms. The minimum absolute atomic E-state index is 0.0577. The van der Waals surface area contributed by atoms with E-state index in [1.54, 1.807) is 18.2 Å². The molecule has 2 rings (SSSR count). The smallest absolute Gasteiger partial charge is 0.250 e. The first-order valence-corrected chi connectivity index (χ1v) is 6.22. The van der Waals surface area contributed by atoms with Crippen LogP contribution in [-0.4, -0.2) is 18.5 Å². The van der Waals surface area contributed by atoms with Crippen molar-refractivity contribution >= 4 is 9.84 Å². The van der Waals surface area contributed by atoms with Gasteiger partial charge in [-0.05, 0) is 18.2 Å². The average Bonchev–Trinajstić information content (AvgIpc) is 2.29. The molecule has 1 aromatic heterocycles. The average molecular weight is 251 g/mol. The second-order valence-electron chi connectivity index (χ2n) is 3.35. The van der Waals surface area contributed by atoms with Crippen molar-refractivity contribution in [2.24, 2.45) is 0 Å². The summed E-state index contributed by atoms with van der Waals surface area (Å²) in [6.07, 6.45) is 0. The summed E-state index contributed by atoms with van der Waals surface area (Å²) >= 11 is 0. The lowest BCUT2D eigenvalue weighted by Crippen LogP contribution is -2.08. The van der Waals surface area contributed by atoms with E-state index in [0.717, 1.165) is 12.1 Å². The first-order valence-electron chi connectivity index (χ1n) is 4.74. The largest absolute Gasteiger partial charge is 0.494 e. The lowest BCUT2D eigenvalue weighted by atomic mass is 10.4. The monoisotopic (exact) mass is 251 g/mol. The third-order valence-corrected chi connectivity index (χ3v) is 4.01. The summed E-state index contributed by atoms with van der Waals surface area (Å²) in [6, 6.07) is 9.81. The molecule has 0 aliphatic heterocycles. The molecule has 2 aromatic rings. The molecule has 17 heavy (non-hydrogen) atoms. The molecule has 0 saturated carbocycles. The van der Waals surface area contributed by atoms with Gasteiger partial charge < -0.3 is 5.11 Å². The van der Waals surface area contributed by atoms with E-state index >= 15 is 0 Å².